The van der Waals surface area contributed by atoms with Gasteiger partial charge in [-0.05, 0) is 40.3 Å². The van der Waals surface area contributed by atoms with Crippen molar-refractivity contribution in [3.63, 3.8) is 0 Å². The highest BCUT2D eigenvalue weighted by atomic mass is 16.5. The molecule has 1 aromatic heterocycles. The van der Waals surface area contributed by atoms with Crippen molar-refractivity contribution in [2.45, 2.75) is 0 Å². The fraction of sp³-hybridized carbons (Fsp3) is 0.111. The summed E-state index contributed by atoms with van der Waals surface area (Å²) in [5.41, 5.74) is 6.34. The van der Waals surface area contributed by atoms with E-state index in [1.54, 1.807) is 13.3 Å². The first kappa shape index (κ1) is 10.1. The molecule has 1 aromatic carbocycles. The van der Waals surface area contributed by atoms with Crippen LogP contribution in [0.15, 0.2) is 29.4 Å². The number of benzene rings is 1. The Labute approximate surface area is 91.5 Å². The van der Waals surface area contributed by atoms with Gasteiger partial charge in [-0.1, -0.05) is 9.89 Å². The summed E-state index contributed by atoms with van der Waals surface area (Å²) in [6, 6.07) is 7.40. The molecule has 0 saturated heterocycles. The molecule has 0 aliphatic carbocycles. The molecule has 0 aliphatic heterocycles. The van der Waals surface area contributed by atoms with Crippen LogP contribution in [0.4, 0.5) is 5.95 Å². The van der Waals surface area contributed by atoms with Gasteiger partial charge in [-0.2, -0.15) is 5.10 Å². The maximum Gasteiger partial charge on any atom is 0.263 e. The van der Waals surface area contributed by atoms with E-state index in [2.05, 4.69) is 20.6 Å². The second kappa shape index (κ2) is 4.39. The molecule has 1 heterocycles. The van der Waals surface area contributed by atoms with Gasteiger partial charge >= 0.3 is 0 Å². The molecule has 0 bridgehead atoms. The number of nitrogens with two attached hydrogens (primary N) is 1. The number of hydrogen-bond acceptors (Lipinski definition) is 6. The van der Waals surface area contributed by atoms with Crippen LogP contribution in [0.5, 0.6) is 5.75 Å². The number of methoxy groups -OCH3 is 1. The second-order valence-electron chi connectivity index (χ2n) is 2.94. The largest absolute Gasteiger partial charge is 0.497 e. The predicted octanol–water partition coefficient (Wildman–Crippen LogP) is 0.146. The molecule has 16 heavy (non-hydrogen) atoms. The summed E-state index contributed by atoms with van der Waals surface area (Å²) in [7, 11) is 1.62. The fourth-order valence-electron chi connectivity index (χ4n) is 1.08. The molecule has 0 amide bonds. The van der Waals surface area contributed by atoms with Gasteiger partial charge in [0.2, 0.25) is 0 Å². The molecule has 0 saturated carbocycles. The number of aromatic nitrogens is 4. The van der Waals surface area contributed by atoms with Gasteiger partial charge in [0.1, 0.15) is 5.75 Å². The van der Waals surface area contributed by atoms with Crippen LogP contribution in [0.3, 0.4) is 0 Å². The molecule has 7 heteroatoms. The van der Waals surface area contributed by atoms with Gasteiger partial charge in [0.15, 0.2) is 0 Å². The van der Waals surface area contributed by atoms with Crippen molar-refractivity contribution < 1.29 is 4.74 Å². The molecule has 7 nitrogen and oxygen atoms in total. The van der Waals surface area contributed by atoms with Crippen molar-refractivity contribution in [3.8, 4) is 5.75 Å². The quantitative estimate of drug-likeness (QED) is 0.740. The zero-order valence-electron chi connectivity index (χ0n) is 8.61. The Morgan fingerprint density at radius 1 is 1.38 bits per heavy atom. The Morgan fingerprint density at radius 2 is 2.12 bits per heavy atom. The minimum Gasteiger partial charge on any atom is -0.497 e. The zero-order valence-corrected chi connectivity index (χ0v) is 8.61. The highest BCUT2D eigenvalue weighted by Gasteiger charge is 1.96. The molecular weight excluding hydrogens is 208 g/mol. The van der Waals surface area contributed by atoms with E-state index in [4.69, 9.17) is 10.5 Å². The summed E-state index contributed by atoms with van der Waals surface area (Å²) in [5, 5.41) is 14.4. The normalized spacial score (nSPS) is 10.8. The smallest absolute Gasteiger partial charge is 0.263 e. The van der Waals surface area contributed by atoms with E-state index in [0.717, 1.165) is 16.1 Å². The van der Waals surface area contributed by atoms with Crippen LogP contribution in [0.2, 0.25) is 0 Å². The number of anilines is 1. The van der Waals surface area contributed by atoms with E-state index < -0.39 is 0 Å². The van der Waals surface area contributed by atoms with Crippen LogP contribution in [-0.4, -0.2) is 33.6 Å². The summed E-state index contributed by atoms with van der Waals surface area (Å²) >= 11 is 0. The third-order valence-electron chi connectivity index (χ3n) is 1.91. The third-order valence-corrected chi connectivity index (χ3v) is 1.91. The molecule has 0 unspecified atom stereocenters. The van der Waals surface area contributed by atoms with E-state index in [-0.39, 0.29) is 5.95 Å². The first-order valence-corrected chi connectivity index (χ1v) is 4.52. The maximum atomic E-state index is 5.44. The van der Waals surface area contributed by atoms with Crippen molar-refractivity contribution in [3.05, 3.63) is 29.8 Å². The average molecular weight is 218 g/mol. The number of nitrogens with zero attached hydrogens (tertiary/aromatic N) is 5. The number of tetrazole rings is 1. The number of rotatable bonds is 3. The Balaban J connectivity index is 2.14. The van der Waals surface area contributed by atoms with Gasteiger partial charge in [0.25, 0.3) is 5.95 Å². The van der Waals surface area contributed by atoms with Gasteiger partial charge in [-0.3, -0.25) is 0 Å². The lowest BCUT2D eigenvalue weighted by atomic mass is 10.2. The van der Waals surface area contributed by atoms with Crippen LogP contribution in [0.25, 0.3) is 0 Å². The van der Waals surface area contributed by atoms with E-state index in [1.807, 2.05) is 24.3 Å². The molecule has 0 radical (unpaired) electrons. The van der Waals surface area contributed by atoms with Gasteiger partial charge in [-0.15, -0.1) is 0 Å². The SMILES string of the molecule is COc1ccc(C=Nn2nnnc2N)cc1. The molecule has 82 valence electrons. The van der Waals surface area contributed by atoms with Gasteiger partial charge < -0.3 is 10.5 Å². The van der Waals surface area contributed by atoms with E-state index in [1.165, 1.54) is 0 Å². The van der Waals surface area contributed by atoms with Crippen molar-refractivity contribution in [2.24, 2.45) is 5.10 Å². The summed E-state index contributed by atoms with van der Waals surface area (Å²) in [6.07, 6.45) is 1.60. The Kier molecular flexibility index (Phi) is 2.77. The van der Waals surface area contributed by atoms with E-state index in [0.29, 0.717) is 0 Å². The fourth-order valence-corrected chi connectivity index (χ4v) is 1.08. The first-order chi connectivity index (χ1) is 7.79. The lowest BCUT2D eigenvalue weighted by molar-refractivity contribution is 0.415. The standard InChI is InChI=1S/C9H10N6O/c1-16-8-4-2-7(3-5-8)6-11-15-9(10)12-13-14-15/h2-6H,1H3,(H2,10,12,14). The Hall–Kier alpha value is -2.44. The predicted molar refractivity (Wildman–Crippen MR) is 58.2 cm³/mol. The van der Waals surface area contributed by atoms with Crippen molar-refractivity contribution in [1.29, 1.82) is 0 Å². The van der Waals surface area contributed by atoms with Crippen LogP contribution in [0, 0.1) is 0 Å². The lowest BCUT2D eigenvalue weighted by Gasteiger charge is -1.98. The van der Waals surface area contributed by atoms with Gasteiger partial charge in [0.05, 0.1) is 13.3 Å². The molecule has 0 spiro atoms. The number of hydrogen-bond donors (Lipinski definition) is 1. The van der Waals surface area contributed by atoms with Crippen LogP contribution in [-0.2, 0) is 0 Å². The van der Waals surface area contributed by atoms with E-state index >= 15 is 0 Å². The molecular formula is C9H10N6O. The Morgan fingerprint density at radius 3 is 2.69 bits per heavy atom. The molecule has 2 N–H and O–H groups in total. The summed E-state index contributed by atoms with van der Waals surface area (Å²) in [5.74, 6) is 0.934. The lowest BCUT2D eigenvalue weighted by Crippen LogP contribution is -1.99. The first-order valence-electron chi connectivity index (χ1n) is 4.52. The monoisotopic (exact) mass is 218 g/mol. The minimum absolute atomic E-state index is 0.143. The minimum atomic E-state index is 0.143. The Bertz CT molecular complexity index is 489. The van der Waals surface area contributed by atoms with Crippen LogP contribution < -0.4 is 10.5 Å². The number of nitrogen functional groups attached to an aromatic ring is 1. The molecule has 2 aromatic rings. The molecule has 0 aliphatic rings. The topological polar surface area (TPSA) is 91.2 Å². The summed E-state index contributed by atoms with van der Waals surface area (Å²) < 4.78 is 5.04. The zero-order chi connectivity index (χ0) is 11.4. The van der Waals surface area contributed by atoms with Gasteiger partial charge in [-0.25, -0.2) is 0 Å². The molecule has 0 atom stereocenters. The molecule has 2 rings (SSSR count). The summed E-state index contributed by atoms with van der Waals surface area (Å²) in [4.78, 5) is 1.14. The number of ether oxygens (including phenoxy) is 1. The molecule has 0 fully saturated rings. The van der Waals surface area contributed by atoms with Crippen molar-refractivity contribution in [1.82, 2.24) is 20.3 Å². The van der Waals surface area contributed by atoms with Crippen LogP contribution >= 0.6 is 0 Å². The third kappa shape index (κ3) is 2.14. The van der Waals surface area contributed by atoms with Crippen LogP contribution in [0.1, 0.15) is 5.56 Å². The van der Waals surface area contributed by atoms with E-state index in [9.17, 15) is 0 Å². The van der Waals surface area contributed by atoms with Gasteiger partial charge in [0, 0.05) is 0 Å². The van der Waals surface area contributed by atoms with Crippen molar-refractivity contribution in [2.75, 3.05) is 12.8 Å². The summed E-state index contributed by atoms with van der Waals surface area (Å²) in [6.45, 7) is 0. The highest BCUT2D eigenvalue weighted by Crippen LogP contribution is 2.09. The van der Waals surface area contributed by atoms with Crippen molar-refractivity contribution >= 4 is 12.2 Å². The maximum absolute atomic E-state index is 5.44. The second-order valence-corrected chi connectivity index (χ2v) is 2.94. The highest BCUT2D eigenvalue weighted by molar-refractivity contribution is 5.79. The average Bonchev–Trinajstić information content (AvgIpc) is 2.73.